The van der Waals surface area contributed by atoms with E-state index in [1.807, 2.05) is 13.8 Å². The van der Waals surface area contributed by atoms with E-state index in [0.29, 0.717) is 12.4 Å². The zero-order valence-electron chi connectivity index (χ0n) is 15.0. The summed E-state index contributed by atoms with van der Waals surface area (Å²) < 4.78 is 5.56. The minimum Gasteiger partial charge on any atom is -0.444 e. The Kier molecular flexibility index (Phi) is 7.42. The second kappa shape index (κ2) is 8.81. The molecule has 5 nitrogen and oxygen atoms in total. The number of guanidine groups is 1. The Morgan fingerprint density at radius 2 is 1.95 bits per heavy atom. The molecule has 22 heavy (non-hydrogen) atoms. The van der Waals surface area contributed by atoms with Crippen molar-refractivity contribution in [3.05, 3.63) is 17.3 Å². The monoisotopic (exact) mass is 308 g/mol. The quantitative estimate of drug-likeness (QED) is 0.438. The molecule has 1 rings (SSSR count). The molecule has 0 spiro atoms. The number of oxazole rings is 1. The second-order valence-electron chi connectivity index (χ2n) is 6.65. The van der Waals surface area contributed by atoms with Crippen LogP contribution < -0.4 is 10.6 Å². The van der Waals surface area contributed by atoms with Gasteiger partial charge < -0.3 is 15.1 Å². The number of nitrogens with zero attached hydrogens (tertiary/aromatic N) is 2. The third kappa shape index (κ3) is 6.50. The fourth-order valence-corrected chi connectivity index (χ4v) is 2.26. The SMILES string of the molecule is CCCCCC(C)(C)CNC(=NC)NCc1nc(C)c(C)o1. The van der Waals surface area contributed by atoms with Gasteiger partial charge in [-0.05, 0) is 25.7 Å². The Morgan fingerprint density at radius 1 is 1.23 bits per heavy atom. The largest absolute Gasteiger partial charge is 0.444 e. The number of rotatable bonds is 8. The van der Waals surface area contributed by atoms with Crippen LogP contribution in [0.15, 0.2) is 9.41 Å². The Hall–Kier alpha value is -1.52. The van der Waals surface area contributed by atoms with Gasteiger partial charge in [0.15, 0.2) is 5.96 Å². The summed E-state index contributed by atoms with van der Waals surface area (Å²) in [5.41, 5.74) is 1.21. The Labute approximate surface area is 135 Å². The van der Waals surface area contributed by atoms with Crippen LogP contribution in [0, 0.1) is 19.3 Å². The van der Waals surface area contributed by atoms with Crippen molar-refractivity contribution in [2.45, 2.75) is 66.8 Å². The molecule has 5 heteroatoms. The minimum atomic E-state index is 0.267. The predicted molar refractivity (Wildman–Crippen MR) is 92.1 cm³/mol. The first-order valence-corrected chi connectivity index (χ1v) is 8.25. The molecule has 0 amide bonds. The highest BCUT2D eigenvalue weighted by atomic mass is 16.4. The molecular weight excluding hydrogens is 276 g/mol. The average Bonchev–Trinajstić information content (AvgIpc) is 2.78. The average molecular weight is 308 g/mol. The van der Waals surface area contributed by atoms with Gasteiger partial charge in [-0.25, -0.2) is 4.98 Å². The maximum absolute atomic E-state index is 5.56. The number of aromatic nitrogens is 1. The van der Waals surface area contributed by atoms with Crippen LogP contribution >= 0.6 is 0 Å². The summed E-state index contributed by atoms with van der Waals surface area (Å²) in [6.07, 6.45) is 5.08. The first-order chi connectivity index (χ1) is 10.4. The van der Waals surface area contributed by atoms with Crippen LogP contribution in [-0.4, -0.2) is 24.5 Å². The molecule has 1 aromatic heterocycles. The lowest BCUT2D eigenvalue weighted by Gasteiger charge is -2.26. The van der Waals surface area contributed by atoms with Gasteiger partial charge in [0, 0.05) is 13.6 Å². The molecule has 0 aliphatic rings. The highest BCUT2D eigenvalue weighted by Crippen LogP contribution is 2.22. The Bertz CT molecular complexity index is 458. The summed E-state index contributed by atoms with van der Waals surface area (Å²) in [6.45, 7) is 12.2. The first kappa shape index (κ1) is 18.5. The van der Waals surface area contributed by atoms with E-state index < -0.39 is 0 Å². The van der Waals surface area contributed by atoms with Crippen molar-refractivity contribution in [1.82, 2.24) is 15.6 Å². The molecule has 0 saturated carbocycles. The van der Waals surface area contributed by atoms with E-state index in [4.69, 9.17) is 4.42 Å². The van der Waals surface area contributed by atoms with Crippen LogP contribution in [0.3, 0.4) is 0 Å². The summed E-state index contributed by atoms with van der Waals surface area (Å²) in [5.74, 6) is 2.36. The molecule has 0 radical (unpaired) electrons. The molecule has 0 aliphatic heterocycles. The lowest BCUT2D eigenvalue weighted by Crippen LogP contribution is -2.41. The van der Waals surface area contributed by atoms with Crippen LogP contribution in [-0.2, 0) is 6.54 Å². The molecule has 0 saturated heterocycles. The molecule has 126 valence electrons. The number of unbranched alkanes of at least 4 members (excludes halogenated alkanes) is 2. The van der Waals surface area contributed by atoms with Crippen LogP contribution in [0.4, 0.5) is 0 Å². The normalized spacial score (nSPS) is 12.5. The van der Waals surface area contributed by atoms with Crippen LogP contribution in [0.5, 0.6) is 0 Å². The van der Waals surface area contributed by atoms with Gasteiger partial charge in [0.05, 0.1) is 12.2 Å². The lowest BCUT2D eigenvalue weighted by atomic mass is 9.87. The van der Waals surface area contributed by atoms with Gasteiger partial charge in [0.2, 0.25) is 5.89 Å². The molecule has 0 aromatic carbocycles. The van der Waals surface area contributed by atoms with Crippen molar-refractivity contribution in [2.75, 3.05) is 13.6 Å². The highest BCUT2D eigenvalue weighted by Gasteiger charge is 2.17. The summed E-state index contributed by atoms with van der Waals surface area (Å²) in [5, 5.41) is 6.65. The Morgan fingerprint density at radius 3 is 2.50 bits per heavy atom. The van der Waals surface area contributed by atoms with Gasteiger partial charge in [0.25, 0.3) is 0 Å². The van der Waals surface area contributed by atoms with E-state index in [1.54, 1.807) is 7.05 Å². The van der Waals surface area contributed by atoms with Crippen LogP contribution in [0.25, 0.3) is 0 Å². The summed E-state index contributed by atoms with van der Waals surface area (Å²) in [6, 6.07) is 0. The van der Waals surface area contributed by atoms with E-state index >= 15 is 0 Å². The second-order valence-corrected chi connectivity index (χ2v) is 6.65. The fraction of sp³-hybridized carbons (Fsp3) is 0.765. The number of hydrogen-bond donors (Lipinski definition) is 2. The van der Waals surface area contributed by atoms with Crippen molar-refractivity contribution < 1.29 is 4.42 Å². The number of aliphatic imine (C=N–C) groups is 1. The summed E-state index contributed by atoms with van der Waals surface area (Å²) in [7, 11) is 1.78. The summed E-state index contributed by atoms with van der Waals surface area (Å²) in [4.78, 5) is 8.62. The van der Waals surface area contributed by atoms with E-state index in [1.165, 1.54) is 25.7 Å². The van der Waals surface area contributed by atoms with Crippen LogP contribution in [0.2, 0.25) is 0 Å². The topological polar surface area (TPSA) is 62.5 Å². The lowest BCUT2D eigenvalue weighted by molar-refractivity contribution is 0.318. The molecule has 0 fully saturated rings. The summed E-state index contributed by atoms with van der Waals surface area (Å²) >= 11 is 0. The van der Waals surface area contributed by atoms with Crippen molar-refractivity contribution in [3.8, 4) is 0 Å². The molecule has 0 bridgehead atoms. The highest BCUT2D eigenvalue weighted by molar-refractivity contribution is 5.79. The third-order valence-corrected chi connectivity index (χ3v) is 3.89. The van der Waals surface area contributed by atoms with Gasteiger partial charge in [0.1, 0.15) is 5.76 Å². The zero-order valence-corrected chi connectivity index (χ0v) is 15.0. The maximum atomic E-state index is 5.56. The van der Waals surface area contributed by atoms with E-state index in [9.17, 15) is 0 Å². The molecule has 1 aromatic rings. The molecule has 0 atom stereocenters. The fourth-order valence-electron chi connectivity index (χ4n) is 2.26. The van der Waals surface area contributed by atoms with Crippen LogP contribution in [0.1, 0.15) is 63.8 Å². The molecular formula is C17H32N4O. The van der Waals surface area contributed by atoms with Crippen molar-refractivity contribution in [1.29, 1.82) is 0 Å². The van der Waals surface area contributed by atoms with Gasteiger partial charge in [-0.2, -0.15) is 0 Å². The minimum absolute atomic E-state index is 0.267. The smallest absolute Gasteiger partial charge is 0.214 e. The van der Waals surface area contributed by atoms with E-state index in [-0.39, 0.29) is 5.41 Å². The molecule has 0 unspecified atom stereocenters. The Balaban J connectivity index is 2.38. The van der Waals surface area contributed by atoms with Crippen molar-refractivity contribution >= 4 is 5.96 Å². The first-order valence-electron chi connectivity index (χ1n) is 8.25. The number of hydrogen-bond acceptors (Lipinski definition) is 3. The van der Waals surface area contributed by atoms with Gasteiger partial charge in [-0.15, -0.1) is 0 Å². The van der Waals surface area contributed by atoms with Crippen molar-refractivity contribution in [3.63, 3.8) is 0 Å². The van der Waals surface area contributed by atoms with Gasteiger partial charge >= 0.3 is 0 Å². The predicted octanol–water partition coefficient (Wildman–Crippen LogP) is 3.56. The zero-order chi connectivity index (χ0) is 16.6. The van der Waals surface area contributed by atoms with Crippen molar-refractivity contribution in [2.24, 2.45) is 10.4 Å². The molecule has 1 heterocycles. The van der Waals surface area contributed by atoms with E-state index in [2.05, 4.69) is 41.4 Å². The standard InChI is InChI=1S/C17H32N4O/c1-7-8-9-10-17(4,5)12-20-16(18-6)19-11-15-21-13(2)14(3)22-15/h7-12H2,1-6H3,(H2,18,19,20). The molecule has 0 aliphatic carbocycles. The number of aryl methyl sites for hydroxylation is 2. The maximum Gasteiger partial charge on any atom is 0.214 e. The van der Waals surface area contributed by atoms with Gasteiger partial charge in [-0.3, -0.25) is 4.99 Å². The van der Waals surface area contributed by atoms with Gasteiger partial charge in [-0.1, -0.05) is 40.0 Å². The third-order valence-electron chi connectivity index (χ3n) is 3.89. The number of nitrogens with one attached hydrogen (secondary N) is 2. The molecule has 2 N–H and O–H groups in total. The van der Waals surface area contributed by atoms with E-state index in [0.717, 1.165) is 24.0 Å².